The van der Waals surface area contributed by atoms with Crippen LogP contribution in [0.5, 0.6) is 0 Å². The molecule has 9 nitrogen and oxygen atoms in total. The highest BCUT2D eigenvalue weighted by Gasteiger charge is 2.41. The number of carbonyl (C=O) groups is 1. The van der Waals surface area contributed by atoms with E-state index in [9.17, 15) is 13.2 Å². The third-order valence-electron chi connectivity index (χ3n) is 7.72. The Bertz CT molecular complexity index is 1550. The van der Waals surface area contributed by atoms with Crippen LogP contribution in [0.2, 0.25) is 0 Å². The van der Waals surface area contributed by atoms with Gasteiger partial charge in [0.05, 0.1) is 17.3 Å². The van der Waals surface area contributed by atoms with Crippen molar-refractivity contribution < 1.29 is 13.2 Å². The van der Waals surface area contributed by atoms with Gasteiger partial charge in [-0.3, -0.25) is 9.78 Å². The number of nitrogens with one attached hydrogen (secondary N) is 2. The maximum absolute atomic E-state index is 13.4. The van der Waals surface area contributed by atoms with Gasteiger partial charge in [-0.05, 0) is 102 Å². The molecule has 5 rings (SSSR count). The Morgan fingerprint density at radius 3 is 2.60 bits per heavy atom. The van der Waals surface area contributed by atoms with Crippen molar-refractivity contribution in [3.05, 3.63) is 70.1 Å². The van der Waals surface area contributed by atoms with E-state index >= 15 is 0 Å². The summed E-state index contributed by atoms with van der Waals surface area (Å²) in [6, 6.07) is 11.9. The van der Waals surface area contributed by atoms with E-state index in [2.05, 4.69) is 81.5 Å². The summed E-state index contributed by atoms with van der Waals surface area (Å²) in [6.07, 6.45) is 4.39. The first kappa shape index (κ1) is 28.5. The highest BCUT2D eigenvalue weighted by atomic mass is 79.9. The van der Waals surface area contributed by atoms with Crippen molar-refractivity contribution in [1.82, 2.24) is 19.7 Å². The first-order valence-electron chi connectivity index (χ1n) is 13.4. The summed E-state index contributed by atoms with van der Waals surface area (Å²) in [7, 11) is -4.26. The summed E-state index contributed by atoms with van der Waals surface area (Å²) >= 11 is 3.43. The number of carbonyl (C=O) groups excluding carboxylic acids is 1. The Labute approximate surface area is 244 Å². The zero-order valence-electron chi connectivity index (χ0n) is 23.4. The van der Waals surface area contributed by atoms with Gasteiger partial charge in [0.1, 0.15) is 16.2 Å². The fourth-order valence-corrected chi connectivity index (χ4v) is 6.85. The number of sulfonamides is 1. The number of fused-ring (bicyclic) bond motifs is 6. The monoisotopic (exact) mass is 626 g/mol. The molecule has 1 amide bonds. The zero-order chi connectivity index (χ0) is 28.9. The molecule has 0 aliphatic carbocycles. The molecule has 2 aliphatic rings. The van der Waals surface area contributed by atoms with Crippen molar-refractivity contribution >= 4 is 43.5 Å². The molecule has 11 heteroatoms. The molecule has 2 atom stereocenters. The van der Waals surface area contributed by atoms with Gasteiger partial charge in [0, 0.05) is 18.3 Å². The minimum Gasteiger partial charge on any atom is -0.362 e. The van der Waals surface area contributed by atoms with Crippen LogP contribution in [0.3, 0.4) is 0 Å². The molecule has 212 valence electrons. The maximum atomic E-state index is 13.4. The SMILES string of the molecule is CC(C)(C)c1ccnc([C@H]2CC[C@@H]3CN(c4nc(Br)ccc4C(=O)NS(=O)(=O)c4cccc(n4)N2)C(C)(C)C3)c1. The molecule has 2 N–H and O–H groups in total. The van der Waals surface area contributed by atoms with Crippen molar-refractivity contribution in [3.63, 3.8) is 0 Å². The number of hydrogen-bond donors (Lipinski definition) is 2. The Balaban J connectivity index is 1.61. The molecular weight excluding hydrogens is 592 g/mol. The molecule has 4 bridgehead atoms. The van der Waals surface area contributed by atoms with E-state index < -0.39 is 15.9 Å². The number of aromatic nitrogens is 3. The molecule has 0 unspecified atom stereocenters. The Morgan fingerprint density at radius 2 is 1.85 bits per heavy atom. The minimum absolute atomic E-state index is 0.0490. The molecule has 0 saturated carbocycles. The summed E-state index contributed by atoms with van der Waals surface area (Å²) in [5.74, 6) is 0.443. The lowest BCUT2D eigenvalue weighted by atomic mass is 9.86. The zero-order valence-corrected chi connectivity index (χ0v) is 25.8. The second kappa shape index (κ2) is 10.4. The van der Waals surface area contributed by atoms with Gasteiger partial charge in [0.15, 0.2) is 5.03 Å². The number of anilines is 2. The van der Waals surface area contributed by atoms with Crippen LogP contribution < -0.4 is 14.9 Å². The van der Waals surface area contributed by atoms with Crippen molar-refractivity contribution in [2.24, 2.45) is 5.92 Å². The van der Waals surface area contributed by atoms with Gasteiger partial charge in [-0.15, -0.1) is 0 Å². The molecule has 40 heavy (non-hydrogen) atoms. The Kier molecular flexibility index (Phi) is 7.41. The number of nitrogens with zero attached hydrogens (tertiary/aromatic N) is 4. The van der Waals surface area contributed by atoms with Gasteiger partial charge in [-0.2, -0.15) is 8.42 Å². The molecule has 2 aliphatic heterocycles. The minimum atomic E-state index is -4.26. The van der Waals surface area contributed by atoms with Crippen molar-refractivity contribution in [3.8, 4) is 0 Å². The summed E-state index contributed by atoms with van der Waals surface area (Å²) in [6.45, 7) is 11.5. The van der Waals surface area contributed by atoms with E-state index in [0.717, 1.165) is 25.0 Å². The standard InChI is InChI=1S/C29H35BrN6O3S/c1-28(2,3)19-13-14-31-22(15-19)21-11-9-18-16-29(4,5)36(17-18)26-20(10-12-23(30)33-26)27(37)35-40(38,39)25-8-6-7-24(32-21)34-25/h6-8,10,12-15,18,21H,9,11,16-17H2,1-5H3,(H,32,34)(H,35,37)/t18-,21+/m0/s1. The summed E-state index contributed by atoms with van der Waals surface area (Å²) in [4.78, 5) is 29.2. The predicted molar refractivity (Wildman–Crippen MR) is 159 cm³/mol. The molecule has 0 radical (unpaired) electrons. The molecule has 0 aromatic carbocycles. The van der Waals surface area contributed by atoms with Crippen molar-refractivity contribution in [2.45, 2.75) is 75.9 Å². The van der Waals surface area contributed by atoms with Gasteiger partial charge in [0.2, 0.25) is 0 Å². The van der Waals surface area contributed by atoms with E-state index in [1.807, 2.05) is 12.3 Å². The van der Waals surface area contributed by atoms with E-state index in [4.69, 9.17) is 4.98 Å². The molecule has 3 aromatic heterocycles. The normalized spacial score (nSPS) is 22.4. The lowest BCUT2D eigenvalue weighted by Gasteiger charge is -2.33. The fraction of sp³-hybridized carbons (Fsp3) is 0.448. The lowest BCUT2D eigenvalue weighted by molar-refractivity contribution is 0.0981. The van der Waals surface area contributed by atoms with E-state index in [0.29, 0.717) is 28.7 Å². The number of amides is 1. The van der Waals surface area contributed by atoms with Crippen LogP contribution in [0.25, 0.3) is 0 Å². The largest absolute Gasteiger partial charge is 0.362 e. The summed E-state index contributed by atoms with van der Waals surface area (Å²) in [5, 5.41) is 3.21. The van der Waals surface area contributed by atoms with Crippen molar-refractivity contribution in [1.29, 1.82) is 0 Å². The Hall–Kier alpha value is -3.05. The van der Waals surface area contributed by atoms with Gasteiger partial charge < -0.3 is 10.2 Å². The molecule has 3 aromatic rings. The number of rotatable bonds is 1. The summed E-state index contributed by atoms with van der Waals surface area (Å²) in [5.41, 5.74) is 1.91. The fourth-order valence-electron chi connectivity index (χ4n) is 5.62. The Morgan fingerprint density at radius 1 is 1.07 bits per heavy atom. The van der Waals surface area contributed by atoms with E-state index in [-0.39, 0.29) is 27.6 Å². The van der Waals surface area contributed by atoms with Crippen LogP contribution in [0.1, 0.15) is 81.5 Å². The van der Waals surface area contributed by atoms with E-state index in [1.54, 1.807) is 24.3 Å². The van der Waals surface area contributed by atoms with Crippen LogP contribution >= 0.6 is 15.9 Å². The van der Waals surface area contributed by atoms with E-state index in [1.165, 1.54) is 11.6 Å². The van der Waals surface area contributed by atoms with Crippen LogP contribution in [0, 0.1) is 5.92 Å². The summed E-state index contributed by atoms with van der Waals surface area (Å²) < 4.78 is 29.4. The molecule has 1 fully saturated rings. The third kappa shape index (κ3) is 5.85. The van der Waals surface area contributed by atoms with Crippen molar-refractivity contribution in [2.75, 3.05) is 16.8 Å². The molecular formula is C29H35BrN6O3S. The predicted octanol–water partition coefficient (Wildman–Crippen LogP) is 5.60. The van der Waals surface area contributed by atoms with Crippen LogP contribution in [0.15, 0.2) is 58.3 Å². The lowest BCUT2D eigenvalue weighted by Crippen LogP contribution is -2.41. The highest BCUT2D eigenvalue weighted by molar-refractivity contribution is 9.10. The number of pyridine rings is 3. The molecule has 5 heterocycles. The van der Waals surface area contributed by atoms with Crippen LogP contribution in [-0.2, 0) is 15.4 Å². The van der Waals surface area contributed by atoms with Crippen LogP contribution in [-0.4, -0.2) is 41.4 Å². The quantitative estimate of drug-likeness (QED) is 0.335. The second-order valence-corrected chi connectivity index (χ2v) is 14.7. The second-order valence-electron chi connectivity index (χ2n) is 12.3. The maximum Gasteiger partial charge on any atom is 0.281 e. The molecule has 1 saturated heterocycles. The topological polar surface area (TPSA) is 117 Å². The average molecular weight is 628 g/mol. The number of halogens is 1. The van der Waals surface area contributed by atoms with Gasteiger partial charge in [-0.1, -0.05) is 26.8 Å². The first-order valence-corrected chi connectivity index (χ1v) is 15.7. The smallest absolute Gasteiger partial charge is 0.281 e. The highest BCUT2D eigenvalue weighted by Crippen LogP contribution is 2.41. The van der Waals surface area contributed by atoms with Gasteiger partial charge in [0.25, 0.3) is 15.9 Å². The molecule has 0 spiro atoms. The number of hydrogen-bond acceptors (Lipinski definition) is 8. The third-order valence-corrected chi connectivity index (χ3v) is 9.39. The van der Waals surface area contributed by atoms with Crippen LogP contribution in [0.4, 0.5) is 11.6 Å². The first-order chi connectivity index (χ1) is 18.7. The average Bonchev–Trinajstić information content (AvgIpc) is 3.19. The van der Waals surface area contributed by atoms with Gasteiger partial charge in [-0.25, -0.2) is 14.7 Å². The van der Waals surface area contributed by atoms with Gasteiger partial charge >= 0.3 is 0 Å².